The zero-order valence-corrected chi connectivity index (χ0v) is 8.48. The summed E-state index contributed by atoms with van der Waals surface area (Å²) in [5.41, 5.74) is 0. The third kappa shape index (κ3) is 1.06. The topological polar surface area (TPSA) is 26.3 Å². The number of carbonyl (C=O) groups excluding carboxylic acids is 1. The van der Waals surface area contributed by atoms with E-state index in [-0.39, 0.29) is 5.97 Å². The molecule has 3 atom stereocenters. The van der Waals surface area contributed by atoms with Crippen LogP contribution in [0.4, 0.5) is 0 Å². The van der Waals surface area contributed by atoms with Crippen molar-refractivity contribution >= 4 is 5.97 Å². The van der Waals surface area contributed by atoms with Crippen molar-refractivity contribution in [3.05, 3.63) is 12.2 Å². The van der Waals surface area contributed by atoms with Crippen LogP contribution in [0.1, 0.15) is 19.8 Å². The Hall–Kier alpha value is -0.790. The fraction of sp³-hybridized carbons (Fsp3) is 0.750. The third-order valence-electron chi connectivity index (χ3n) is 4.28. The number of hydrogen-bond acceptors (Lipinski definition) is 2. The molecule has 0 N–H and O–H groups in total. The Kier molecular flexibility index (Phi) is 1.73. The van der Waals surface area contributed by atoms with Crippen LogP contribution >= 0.6 is 0 Å². The van der Waals surface area contributed by atoms with Crippen molar-refractivity contribution in [3.8, 4) is 0 Å². The highest BCUT2D eigenvalue weighted by atomic mass is 16.5. The molecule has 14 heavy (non-hydrogen) atoms. The maximum atomic E-state index is 11.1. The van der Waals surface area contributed by atoms with Crippen LogP contribution in [0.3, 0.4) is 0 Å². The molecule has 0 aromatic carbocycles. The van der Waals surface area contributed by atoms with E-state index >= 15 is 0 Å². The third-order valence-corrected chi connectivity index (χ3v) is 4.28. The molecule has 0 saturated heterocycles. The van der Waals surface area contributed by atoms with Crippen molar-refractivity contribution in [2.45, 2.75) is 19.8 Å². The van der Waals surface area contributed by atoms with Crippen LogP contribution in [0.25, 0.3) is 0 Å². The molecule has 0 aromatic rings. The van der Waals surface area contributed by atoms with Gasteiger partial charge in [-0.2, -0.15) is 0 Å². The van der Waals surface area contributed by atoms with E-state index in [1.165, 1.54) is 12.8 Å². The van der Waals surface area contributed by atoms with Crippen LogP contribution < -0.4 is 0 Å². The van der Waals surface area contributed by atoms with Gasteiger partial charge in [0.05, 0.1) is 6.61 Å². The van der Waals surface area contributed by atoms with Crippen LogP contribution in [0.5, 0.6) is 0 Å². The van der Waals surface area contributed by atoms with Gasteiger partial charge in [0.15, 0.2) is 0 Å². The molecule has 2 nitrogen and oxygen atoms in total. The lowest BCUT2D eigenvalue weighted by atomic mass is 9.98. The van der Waals surface area contributed by atoms with Crippen LogP contribution in [-0.4, -0.2) is 12.6 Å². The molecule has 3 unspecified atom stereocenters. The molecule has 76 valence electrons. The maximum absolute atomic E-state index is 11.1. The molecule has 0 aliphatic heterocycles. The molecule has 4 fully saturated rings. The van der Waals surface area contributed by atoms with E-state index in [2.05, 4.69) is 6.08 Å². The van der Waals surface area contributed by atoms with Gasteiger partial charge in [0, 0.05) is 6.08 Å². The highest BCUT2D eigenvalue weighted by Crippen LogP contribution is 2.73. The van der Waals surface area contributed by atoms with E-state index in [1.54, 1.807) is 6.08 Å². The Balaban J connectivity index is 1.61. The standard InChI is InChI=1S/C12H16O2/c1-2-14-11(13)4-3-8-7-5-9-10(6-7)12(8)9/h3-4,7-10,12H,2,5-6H2,1H3/b4-3+. The monoisotopic (exact) mass is 192 g/mol. The molecule has 4 aliphatic rings. The lowest BCUT2D eigenvalue weighted by Gasteiger charge is -2.08. The lowest BCUT2D eigenvalue weighted by Crippen LogP contribution is -2.04. The SMILES string of the molecule is CCOC(=O)/C=C/C1C2CC3C(C2)C13. The zero-order valence-electron chi connectivity index (χ0n) is 8.48. The molecular formula is C12H16O2. The van der Waals surface area contributed by atoms with Crippen molar-refractivity contribution in [1.29, 1.82) is 0 Å². The number of allylic oxidation sites excluding steroid dienone is 1. The lowest BCUT2D eigenvalue weighted by molar-refractivity contribution is -0.137. The summed E-state index contributed by atoms with van der Waals surface area (Å²) in [6.45, 7) is 2.32. The van der Waals surface area contributed by atoms with Crippen molar-refractivity contribution in [3.63, 3.8) is 0 Å². The van der Waals surface area contributed by atoms with E-state index in [0.717, 1.165) is 23.7 Å². The van der Waals surface area contributed by atoms with Crippen molar-refractivity contribution in [2.75, 3.05) is 6.61 Å². The van der Waals surface area contributed by atoms with Gasteiger partial charge < -0.3 is 4.74 Å². The van der Waals surface area contributed by atoms with E-state index < -0.39 is 0 Å². The van der Waals surface area contributed by atoms with E-state index in [1.807, 2.05) is 6.92 Å². The second-order valence-electron chi connectivity index (χ2n) is 4.83. The van der Waals surface area contributed by atoms with Gasteiger partial charge in [-0.1, -0.05) is 6.08 Å². The van der Waals surface area contributed by atoms with Crippen molar-refractivity contribution in [1.82, 2.24) is 0 Å². The van der Waals surface area contributed by atoms with Gasteiger partial charge in [0.2, 0.25) is 0 Å². The quantitative estimate of drug-likeness (QED) is 0.505. The normalized spacial score (nSPS) is 47.4. The second kappa shape index (κ2) is 2.85. The predicted octanol–water partition coefficient (Wildman–Crippen LogP) is 2.01. The number of rotatable bonds is 3. The summed E-state index contributed by atoms with van der Waals surface area (Å²) in [4.78, 5) is 11.1. The predicted molar refractivity (Wildman–Crippen MR) is 52.5 cm³/mol. The first-order valence-corrected chi connectivity index (χ1v) is 5.66. The van der Waals surface area contributed by atoms with Gasteiger partial charge in [-0.25, -0.2) is 4.79 Å². The minimum Gasteiger partial charge on any atom is -0.463 e. The summed E-state index contributed by atoms with van der Waals surface area (Å²) in [5.74, 6) is 4.41. The molecular weight excluding hydrogens is 176 g/mol. The summed E-state index contributed by atoms with van der Waals surface area (Å²) < 4.78 is 4.87. The molecule has 0 aromatic heterocycles. The van der Waals surface area contributed by atoms with Crippen LogP contribution in [0.2, 0.25) is 0 Å². The summed E-state index contributed by atoms with van der Waals surface area (Å²) in [6, 6.07) is 0. The van der Waals surface area contributed by atoms with Crippen molar-refractivity contribution in [2.24, 2.45) is 29.6 Å². The summed E-state index contributed by atoms with van der Waals surface area (Å²) in [7, 11) is 0. The molecule has 0 radical (unpaired) electrons. The first kappa shape index (κ1) is 8.51. The van der Waals surface area contributed by atoms with Crippen LogP contribution in [0.15, 0.2) is 12.2 Å². The number of hydrogen-bond donors (Lipinski definition) is 0. The average molecular weight is 192 g/mol. The van der Waals surface area contributed by atoms with Gasteiger partial charge in [0.25, 0.3) is 0 Å². The molecule has 2 heteroatoms. The molecule has 4 aliphatic carbocycles. The van der Waals surface area contributed by atoms with Gasteiger partial charge in [0.1, 0.15) is 0 Å². The Labute approximate surface area is 84.3 Å². The number of ether oxygens (including phenoxy) is 1. The Morgan fingerprint density at radius 2 is 2.14 bits per heavy atom. The summed E-state index contributed by atoms with van der Waals surface area (Å²) >= 11 is 0. The highest BCUT2D eigenvalue weighted by molar-refractivity contribution is 5.81. The first-order chi connectivity index (χ1) is 6.81. The van der Waals surface area contributed by atoms with Gasteiger partial charge in [-0.3, -0.25) is 0 Å². The Morgan fingerprint density at radius 1 is 1.43 bits per heavy atom. The zero-order chi connectivity index (χ0) is 9.71. The Bertz CT molecular complexity index is 281. The maximum Gasteiger partial charge on any atom is 0.330 e. The largest absolute Gasteiger partial charge is 0.463 e. The molecule has 4 bridgehead atoms. The molecule has 0 heterocycles. The minimum absolute atomic E-state index is 0.172. The molecule has 4 rings (SSSR count). The van der Waals surface area contributed by atoms with Gasteiger partial charge >= 0.3 is 5.97 Å². The smallest absolute Gasteiger partial charge is 0.330 e. The summed E-state index contributed by atoms with van der Waals surface area (Å²) in [5, 5.41) is 0. The minimum atomic E-state index is -0.172. The Morgan fingerprint density at radius 3 is 2.64 bits per heavy atom. The summed E-state index contributed by atoms with van der Waals surface area (Å²) in [6.07, 6.45) is 6.60. The fourth-order valence-electron chi connectivity index (χ4n) is 3.80. The van der Waals surface area contributed by atoms with E-state index in [0.29, 0.717) is 12.5 Å². The van der Waals surface area contributed by atoms with E-state index in [9.17, 15) is 4.79 Å². The second-order valence-corrected chi connectivity index (χ2v) is 4.83. The average Bonchev–Trinajstić information content (AvgIpc) is 2.60. The first-order valence-electron chi connectivity index (χ1n) is 5.66. The van der Waals surface area contributed by atoms with Crippen LogP contribution in [-0.2, 0) is 9.53 Å². The van der Waals surface area contributed by atoms with Crippen molar-refractivity contribution < 1.29 is 9.53 Å². The molecule has 0 amide bonds. The van der Waals surface area contributed by atoms with Gasteiger partial charge in [-0.15, -0.1) is 0 Å². The molecule has 4 saturated carbocycles. The number of carbonyl (C=O) groups is 1. The highest BCUT2D eigenvalue weighted by Gasteiger charge is 2.67. The molecule has 0 spiro atoms. The number of esters is 1. The van der Waals surface area contributed by atoms with Gasteiger partial charge in [-0.05, 0) is 49.4 Å². The van der Waals surface area contributed by atoms with E-state index in [4.69, 9.17) is 4.74 Å². The fourth-order valence-corrected chi connectivity index (χ4v) is 3.80. The van der Waals surface area contributed by atoms with Crippen LogP contribution in [0, 0.1) is 29.6 Å².